The average Bonchev–Trinajstić information content (AvgIpc) is 2.82. The van der Waals surface area contributed by atoms with Gasteiger partial charge in [-0.15, -0.1) is 11.8 Å². The Morgan fingerprint density at radius 1 is 1.25 bits per heavy atom. The van der Waals surface area contributed by atoms with E-state index in [9.17, 15) is 0 Å². The molecule has 0 saturated heterocycles. The largest absolute Gasteiger partial charge is 0.313 e. The summed E-state index contributed by atoms with van der Waals surface area (Å²) in [6.07, 6.45) is 5.63. The fourth-order valence-electron chi connectivity index (χ4n) is 2.29. The molecule has 16 heavy (non-hydrogen) atoms. The third-order valence-corrected chi connectivity index (χ3v) is 4.84. The summed E-state index contributed by atoms with van der Waals surface area (Å²) in [5.41, 5.74) is 1.45. The smallest absolute Gasteiger partial charge is 0.0300 e. The predicted octanol–water partition coefficient (Wildman–Crippen LogP) is 4.00. The molecule has 1 aromatic rings. The van der Waals surface area contributed by atoms with E-state index in [1.807, 2.05) is 7.05 Å². The summed E-state index contributed by atoms with van der Waals surface area (Å²) < 4.78 is 0. The molecule has 2 rings (SSSR count). The van der Waals surface area contributed by atoms with Gasteiger partial charge in [-0.05, 0) is 38.4 Å². The molecule has 88 valence electrons. The molecule has 1 saturated carbocycles. The molecular weight excluding hydrogens is 214 g/mol. The highest BCUT2D eigenvalue weighted by molar-refractivity contribution is 8.00. The van der Waals surface area contributed by atoms with Crippen molar-refractivity contribution in [2.75, 3.05) is 7.05 Å². The molecule has 1 fully saturated rings. The van der Waals surface area contributed by atoms with Crippen molar-refractivity contribution in [3.05, 3.63) is 29.8 Å². The van der Waals surface area contributed by atoms with Crippen molar-refractivity contribution in [3.8, 4) is 0 Å². The lowest BCUT2D eigenvalue weighted by atomic mass is 10.1. The van der Waals surface area contributed by atoms with Gasteiger partial charge in [0.25, 0.3) is 0 Å². The van der Waals surface area contributed by atoms with Gasteiger partial charge in [-0.2, -0.15) is 0 Å². The van der Waals surface area contributed by atoms with Crippen molar-refractivity contribution in [3.63, 3.8) is 0 Å². The van der Waals surface area contributed by atoms with Crippen molar-refractivity contribution in [2.24, 2.45) is 0 Å². The summed E-state index contributed by atoms with van der Waals surface area (Å²) in [4.78, 5) is 1.47. The molecular formula is C14H21NS. The first-order valence-corrected chi connectivity index (χ1v) is 7.12. The Bertz CT molecular complexity index is 331. The maximum atomic E-state index is 3.33. The molecule has 1 aromatic carbocycles. The molecule has 2 heteroatoms. The molecule has 1 atom stereocenters. The van der Waals surface area contributed by atoms with Crippen LogP contribution in [0.1, 0.15) is 44.2 Å². The summed E-state index contributed by atoms with van der Waals surface area (Å²) in [7, 11) is 2.03. The zero-order valence-corrected chi connectivity index (χ0v) is 11.0. The summed E-state index contributed by atoms with van der Waals surface area (Å²) in [5.74, 6) is 0. The van der Waals surface area contributed by atoms with E-state index in [-0.39, 0.29) is 0 Å². The van der Waals surface area contributed by atoms with Crippen molar-refractivity contribution in [1.29, 1.82) is 0 Å². The zero-order valence-electron chi connectivity index (χ0n) is 10.2. The molecule has 1 unspecified atom stereocenters. The number of benzene rings is 1. The Morgan fingerprint density at radius 3 is 2.62 bits per heavy atom. The SMILES string of the molecule is CNC(C)c1ccccc1SC1CCCC1. The Labute approximate surface area is 103 Å². The second-order valence-electron chi connectivity index (χ2n) is 4.57. The van der Waals surface area contributed by atoms with E-state index < -0.39 is 0 Å². The lowest BCUT2D eigenvalue weighted by Crippen LogP contribution is -2.13. The monoisotopic (exact) mass is 235 g/mol. The first-order chi connectivity index (χ1) is 7.81. The minimum atomic E-state index is 0.449. The highest BCUT2D eigenvalue weighted by Crippen LogP contribution is 2.37. The number of thioether (sulfide) groups is 1. The lowest BCUT2D eigenvalue weighted by Gasteiger charge is -2.17. The number of nitrogens with one attached hydrogen (secondary N) is 1. The maximum Gasteiger partial charge on any atom is 0.0300 e. The highest BCUT2D eigenvalue weighted by atomic mass is 32.2. The molecule has 1 nitrogen and oxygen atoms in total. The van der Waals surface area contributed by atoms with E-state index in [4.69, 9.17) is 0 Å². The van der Waals surface area contributed by atoms with Gasteiger partial charge < -0.3 is 5.32 Å². The van der Waals surface area contributed by atoms with Crippen LogP contribution in [0.3, 0.4) is 0 Å². The van der Waals surface area contributed by atoms with Gasteiger partial charge in [-0.1, -0.05) is 31.0 Å². The van der Waals surface area contributed by atoms with Crippen molar-refractivity contribution < 1.29 is 0 Å². The summed E-state index contributed by atoms with van der Waals surface area (Å²) in [6.45, 7) is 2.23. The minimum Gasteiger partial charge on any atom is -0.313 e. The van der Waals surface area contributed by atoms with Gasteiger partial charge >= 0.3 is 0 Å². The summed E-state index contributed by atoms with van der Waals surface area (Å²) in [5, 5.41) is 4.19. The molecule has 0 bridgehead atoms. The fraction of sp³-hybridized carbons (Fsp3) is 0.571. The fourth-order valence-corrected chi connectivity index (χ4v) is 3.75. The van der Waals surface area contributed by atoms with Crippen LogP contribution in [0.15, 0.2) is 29.2 Å². The lowest BCUT2D eigenvalue weighted by molar-refractivity contribution is 0.641. The van der Waals surface area contributed by atoms with E-state index in [0.717, 1.165) is 5.25 Å². The second kappa shape index (κ2) is 5.74. The third kappa shape index (κ3) is 2.80. The van der Waals surface area contributed by atoms with Gasteiger partial charge in [0.2, 0.25) is 0 Å². The second-order valence-corrected chi connectivity index (χ2v) is 5.91. The third-order valence-electron chi connectivity index (χ3n) is 3.41. The maximum absolute atomic E-state index is 3.33. The Kier molecular flexibility index (Phi) is 4.30. The zero-order chi connectivity index (χ0) is 11.4. The molecule has 0 radical (unpaired) electrons. The van der Waals surface area contributed by atoms with Crippen LogP contribution in [0.25, 0.3) is 0 Å². The first kappa shape index (κ1) is 12.0. The molecule has 0 aromatic heterocycles. The molecule has 0 aliphatic heterocycles. The van der Waals surface area contributed by atoms with Gasteiger partial charge in [0, 0.05) is 16.2 Å². The molecule has 0 heterocycles. The quantitative estimate of drug-likeness (QED) is 0.846. The van der Waals surface area contributed by atoms with Crippen LogP contribution in [-0.2, 0) is 0 Å². The van der Waals surface area contributed by atoms with Crippen LogP contribution >= 0.6 is 11.8 Å². The van der Waals surface area contributed by atoms with Crippen molar-refractivity contribution in [2.45, 2.75) is 48.8 Å². The minimum absolute atomic E-state index is 0.449. The van der Waals surface area contributed by atoms with Gasteiger partial charge in [0.15, 0.2) is 0 Å². The van der Waals surface area contributed by atoms with E-state index >= 15 is 0 Å². The van der Waals surface area contributed by atoms with Crippen LogP contribution in [0.4, 0.5) is 0 Å². The molecule has 0 amide bonds. The van der Waals surface area contributed by atoms with Crippen LogP contribution in [0.2, 0.25) is 0 Å². The predicted molar refractivity (Wildman–Crippen MR) is 72.0 cm³/mol. The Morgan fingerprint density at radius 2 is 1.94 bits per heavy atom. The van der Waals surface area contributed by atoms with Crippen LogP contribution in [0.5, 0.6) is 0 Å². The molecule has 0 spiro atoms. The van der Waals surface area contributed by atoms with E-state index in [1.54, 1.807) is 0 Å². The number of hydrogen-bond donors (Lipinski definition) is 1. The standard InChI is InChI=1S/C14H21NS/c1-11(15-2)13-9-5-6-10-14(13)16-12-7-3-4-8-12/h5-6,9-12,15H,3-4,7-8H2,1-2H3. The van der Waals surface area contributed by atoms with Gasteiger partial charge in [-0.3, -0.25) is 0 Å². The molecule has 1 aliphatic carbocycles. The summed E-state index contributed by atoms with van der Waals surface area (Å²) >= 11 is 2.08. The normalized spacial score (nSPS) is 18.9. The van der Waals surface area contributed by atoms with Crippen LogP contribution in [-0.4, -0.2) is 12.3 Å². The van der Waals surface area contributed by atoms with Crippen molar-refractivity contribution in [1.82, 2.24) is 5.32 Å². The van der Waals surface area contributed by atoms with E-state index in [1.165, 1.54) is 36.1 Å². The first-order valence-electron chi connectivity index (χ1n) is 6.24. The summed E-state index contributed by atoms with van der Waals surface area (Å²) in [6, 6.07) is 9.26. The van der Waals surface area contributed by atoms with Crippen LogP contribution < -0.4 is 5.32 Å². The van der Waals surface area contributed by atoms with Crippen LogP contribution in [0, 0.1) is 0 Å². The van der Waals surface area contributed by atoms with Crippen molar-refractivity contribution >= 4 is 11.8 Å². The number of rotatable bonds is 4. The van der Waals surface area contributed by atoms with E-state index in [2.05, 4.69) is 48.3 Å². The highest BCUT2D eigenvalue weighted by Gasteiger charge is 2.18. The van der Waals surface area contributed by atoms with Gasteiger partial charge in [0.1, 0.15) is 0 Å². The Hall–Kier alpha value is -0.470. The topological polar surface area (TPSA) is 12.0 Å². The molecule has 1 N–H and O–H groups in total. The van der Waals surface area contributed by atoms with E-state index in [0.29, 0.717) is 6.04 Å². The Balaban J connectivity index is 2.12. The van der Waals surface area contributed by atoms with Gasteiger partial charge in [-0.25, -0.2) is 0 Å². The average molecular weight is 235 g/mol. The number of hydrogen-bond acceptors (Lipinski definition) is 2. The van der Waals surface area contributed by atoms with Gasteiger partial charge in [0.05, 0.1) is 0 Å². The molecule has 1 aliphatic rings.